The van der Waals surface area contributed by atoms with Crippen LogP contribution in [0.1, 0.15) is 26.2 Å². The molecule has 1 fully saturated rings. The summed E-state index contributed by atoms with van der Waals surface area (Å²) in [7, 11) is 0. The first kappa shape index (κ1) is 10.3. The first-order valence-corrected chi connectivity index (χ1v) is 4.59. The van der Waals surface area contributed by atoms with Gasteiger partial charge in [0.1, 0.15) is 0 Å². The van der Waals surface area contributed by atoms with Crippen molar-refractivity contribution in [3.8, 4) is 0 Å². The number of aliphatic carboxylic acids is 1. The fourth-order valence-electron chi connectivity index (χ4n) is 1.86. The molecule has 0 saturated carbocycles. The first-order valence-electron chi connectivity index (χ1n) is 4.59. The van der Waals surface area contributed by atoms with Crippen LogP contribution < -0.4 is 0 Å². The van der Waals surface area contributed by atoms with Crippen LogP contribution >= 0.6 is 0 Å². The predicted octanol–water partition coefficient (Wildman–Crippen LogP) is 1.83. The molecule has 1 saturated heterocycles. The smallest absolute Gasteiger partial charge is 0.312 e. The normalized spacial score (nSPS) is 33.2. The molecule has 0 aliphatic carbocycles. The average Bonchev–Trinajstić information content (AvgIpc) is 2.45. The lowest BCUT2D eigenvalue weighted by Gasteiger charge is -2.26. The van der Waals surface area contributed by atoms with Crippen molar-refractivity contribution >= 4 is 5.97 Å². The van der Waals surface area contributed by atoms with Gasteiger partial charge in [-0.25, -0.2) is 0 Å². The van der Waals surface area contributed by atoms with E-state index < -0.39 is 11.4 Å². The summed E-state index contributed by atoms with van der Waals surface area (Å²) in [5.41, 5.74) is -0.672. The van der Waals surface area contributed by atoms with Gasteiger partial charge in [0.25, 0.3) is 0 Å². The third kappa shape index (κ3) is 1.75. The minimum Gasteiger partial charge on any atom is -0.481 e. The molecule has 0 radical (unpaired) electrons. The number of allylic oxidation sites excluding steroid dienone is 1. The Morgan fingerprint density at radius 1 is 1.85 bits per heavy atom. The standard InChI is InChI=1S/C10H16O3/c1-3-4-5-10(9(11)12)6-7-13-8(10)2/h3,8H,1,4-7H2,2H3,(H,11,12). The molecule has 1 N–H and O–H groups in total. The molecule has 2 atom stereocenters. The highest BCUT2D eigenvalue weighted by Crippen LogP contribution is 2.39. The topological polar surface area (TPSA) is 46.5 Å². The number of carboxylic acids is 1. The van der Waals surface area contributed by atoms with Crippen LogP contribution in [-0.4, -0.2) is 23.8 Å². The Balaban J connectivity index is 2.74. The summed E-state index contributed by atoms with van der Waals surface area (Å²) in [5, 5.41) is 9.15. The predicted molar refractivity (Wildman–Crippen MR) is 49.5 cm³/mol. The first-order chi connectivity index (χ1) is 6.13. The second-order valence-corrected chi connectivity index (χ2v) is 3.55. The highest BCUT2D eigenvalue weighted by atomic mass is 16.5. The van der Waals surface area contributed by atoms with Gasteiger partial charge in [0, 0.05) is 6.61 Å². The Hall–Kier alpha value is -0.830. The number of carboxylic acid groups (broad SMARTS) is 1. The quantitative estimate of drug-likeness (QED) is 0.678. The van der Waals surface area contributed by atoms with Gasteiger partial charge in [-0.3, -0.25) is 4.79 Å². The highest BCUT2D eigenvalue weighted by molar-refractivity contribution is 5.75. The van der Waals surface area contributed by atoms with Crippen LogP contribution in [0.3, 0.4) is 0 Å². The van der Waals surface area contributed by atoms with E-state index in [1.165, 1.54) is 0 Å². The summed E-state index contributed by atoms with van der Waals surface area (Å²) in [6.45, 7) is 6.00. The zero-order valence-electron chi connectivity index (χ0n) is 7.95. The van der Waals surface area contributed by atoms with E-state index in [4.69, 9.17) is 9.84 Å². The molecule has 0 aromatic rings. The molecule has 0 amide bonds. The average molecular weight is 184 g/mol. The molecular weight excluding hydrogens is 168 g/mol. The lowest BCUT2D eigenvalue weighted by atomic mass is 9.77. The van der Waals surface area contributed by atoms with Gasteiger partial charge >= 0.3 is 5.97 Å². The molecular formula is C10H16O3. The summed E-state index contributed by atoms with van der Waals surface area (Å²) in [6, 6.07) is 0. The molecule has 3 heteroatoms. The van der Waals surface area contributed by atoms with Gasteiger partial charge in [0.05, 0.1) is 11.5 Å². The van der Waals surface area contributed by atoms with E-state index in [0.717, 1.165) is 6.42 Å². The highest BCUT2D eigenvalue weighted by Gasteiger charge is 2.47. The van der Waals surface area contributed by atoms with Crippen molar-refractivity contribution in [1.29, 1.82) is 0 Å². The van der Waals surface area contributed by atoms with Crippen molar-refractivity contribution < 1.29 is 14.6 Å². The van der Waals surface area contributed by atoms with E-state index in [1.807, 2.05) is 6.92 Å². The lowest BCUT2D eigenvalue weighted by Crippen LogP contribution is -2.37. The fraction of sp³-hybridized carbons (Fsp3) is 0.700. The van der Waals surface area contributed by atoms with Crippen molar-refractivity contribution in [2.45, 2.75) is 32.3 Å². The van der Waals surface area contributed by atoms with E-state index in [2.05, 4.69) is 6.58 Å². The maximum absolute atomic E-state index is 11.1. The Bertz CT molecular complexity index is 212. The van der Waals surface area contributed by atoms with Gasteiger partial charge in [-0.2, -0.15) is 0 Å². The number of hydrogen-bond acceptors (Lipinski definition) is 2. The maximum Gasteiger partial charge on any atom is 0.312 e. The number of carbonyl (C=O) groups is 1. The lowest BCUT2D eigenvalue weighted by molar-refractivity contribution is -0.152. The van der Waals surface area contributed by atoms with Crippen molar-refractivity contribution in [2.24, 2.45) is 5.41 Å². The van der Waals surface area contributed by atoms with Crippen LogP contribution in [0.5, 0.6) is 0 Å². The third-order valence-corrected chi connectivity index (χ3v) is 2.91. The molecule has 13 heavy (non-hydrogen) atoms. The van der Waals surface area contributed by atoms with E-state index >= 15 is 0 Å². The van der Waals surface area contributed by atoms with Crippen LogP contribution in [0.2, 0.25) is 0 Å². The summed E-state index contributed by atoms with van der Waals surface area (Å²) < 4.78 is 5.31. The molecule has 1 aliphatic rings. The monoisotopic (exact) mass is 184 g/mol. The summed E-state index contributed by atoms with van der Waals surface area (Å²) in [5.74, 6) is -0.737. The SMILES string of the molecule is C=CCCC1(C(=O)O)CCOC1C. The second kappa shape index (κ2) is 3.92. The number of hydrogen-bond donors (Lipinski definition) is 1. The zero-order chi connectivity index (χ0) is 9.90. The van der Waals surface area contributed by atoms with Crippen LogP contribution in [0.4, 0.5) is 0 Å². The van der Waals surface area contributed by atoms with Crippen LogP contribution in [0.15, 0.2) is 12.7 Å². The van der Waals surface area contributed by atoms with Crippen LogP contribution in [0.25, 0.3) is 0 Å². The third-order valence-electron chi connectivity index (χ3n) is 2.91. The van der Waals surface area contributed by atoms with Gasteiger partial charge in [-0.15, -0.1) is 6.58 Å². The summed E-state index contributed by atoms with van der Waals surface area (Å²) in [6.07, 6.45) is 3.57. The van der Waals surface area contributed by atoms with E-state index in [9.17, 15) is 4.79 Å². The molecule has 0 bridgehead atoms. The van der Waals surface area contributed by atoms with Crippen molar-refractivity contribution in [1.82, 2.24) is 0 Å². The van der Waals surface area contributed by atoms with Crippen molar-refractivity contribution in [2.75, 3.05) is 6.61 Å². The van der Waals surface area contributed by atoms with Gasteiger partial charge in [0.2, 0.25) is 0 Å². The Morgan fingerprint density at radius 2 is 2.54 bits per heavy atom. The molecule has 2 unspecified atom stereocenters. The Labute approximate surface area is 78.4 Å². The van der Waals surface area contributed by atoms with Gasteiger partial charge in [0.15, 0.2) is 0 Å². The van der Waals surface area contributed by atoms with Gasteiger partial charge in [-0.05, 0) is 26.2 Å². The van der Waals surface area contributed by atoms with Crippen LogP contribution in [0, 0.1) is 5.41 Å². The minimum atomic E-state index is -0.737. The number of rotatable bonds is 4. The summed E-state index contributed by atoms with van der Waals surface area (Å²) >= 11 is 0. The Morgan fingerprint density at radius 3 is 2.92 bits per heavy atom. The Kier molecular flexibility index (Phi) is 3.09. The fourth-order valence-corrected chi connectivity index (χ4v) is 1.86. The van der Waals surface area contributed by atoms with E-state index in [0.29, 0.717) is 19.4 Å². The molecule has 0 aromatic carbocycles. The minimum absolute atomic E-state index is 0.176. The maximum atomic E-state index is 11.1. The molecule has 3 nitrogen and oxygen atoms in total. The largest absolute Gasteiger partial charge is 0.481 e. The van der Waals surface area contributed by atoms with Gasteiger partial charge in [-0.1, -0.05) is 6.08 Å². The molecule has 0 spiro atoms. The number of ether oxygens (including phenoxy) is 1. The van der Waals surface area contributed by atoms with Crippen molar-refractivity contribution in [3.63, 3.8) is 0 Å². The molecule has 74 valence electrons. The molecule has 1 heterocycles. The molecule has 1 aliphatic heterocycles. The van der Waals surface area contributed by atoms with Crippen LogP contribution in [-0.2, 0) is 9.53 Å². The van der Waals surface area contributed by atoms with Gasteiger partial charge < -0.3 is 9.84 Å². The molecule has 1 rings (SSSR count). The zero-order valence-corrected chi connectivity index (χ0v) is 7.95. The van der Waals surface area contributed by atoms with E-state index in [-0.39, 0.29) is 6.10 Å². The van der Waals surface area contributed by atoms with Crippen molar-refractivity contribution in [3.05, 3.63) is 12.7 Å². The molecule has 0 aromatic heterocycles. The second-order valence-electron chi connectivity index (χ2n) is 3.55. The van der Waals surface area contributed by atoms with E-state index in [1.54, 1.807) is 6.08 Å². The summed E-state index contributed by atoms with van der Waals surface area (Å²) in [4.78, 5) is 11.1.